The van der Waals surface area contributed by atoms with Crippen LogP contribution in [0.4, 0.5) is 17.2 Å². The van der Waals surface area contributed by atoms with Crippen molar-refractivity contribution < 1.29 is 9.32 Å². The van der Waals surface area contributed by atoms with Gasteiger partial charge in [-0.15, -0.1) is 0 Å². The lowest BCUT2D eigenvalue weighted by atomic mass is 10.0. The first-order chi connectivity index (χ1) is 11.9. The van der Waals surface area contributed by atoms with Crippen LogP contribution in [0, 0.1) is 27.7 Å². The van der Waals surface area contributed by atoms with Gasteiger partial charge in [-0.05, 0) is 44.9 Å². The number of carbonyl (C=O) groups excluding carboxylic acids is 1. The highest BCUT2D eigenvalue weighted by Crippen LogP contribution is 2.23. The van der Waals surface area contributed by atoms with Crippen LogP contribution in [0.15, 0.2) is 41.2 Å². The van der Waals surface area contributed by atoms with E-state index in [1.165, 1.54) is 11.8 Å². The topological polar surface area (TPSA) is 80.0 Å². The Kier molecular flexibility index (Phi) is 4.52. The summed E-state index contributed by atoms with van der Waals surface area (Å²) >= 11 is 0. The zero-order valence-electron chi connectivity index (χ0n) is 14.7. The van der Waals surface area contributed by atoms with Crippen LogP contribution in [-0.4, -0.2) is 16.0 Å². The highest BCUT2D eigenvalue weighted by molar-refractivity contribution is 6.05. The molecule has 0 fully saturated rings. The Morgan fingerprint density at radius 1 is 1.00 bits per heavy atom. The fraction of sp³-hybridized carbons (Fsp3) is 0.211. The van der Waals surface area contributed by atoms with Crippen molar-refractivity contribution >= 4 is 23.1 Å². The molecule has 0 bridgehead atoms. The molecule has 0 spiro atoms. The first-order valence-corrected chi connectivity index (χ1v) is 7.97. The van der Waals surface area contributed by atoms with Crippen molar-refractivity contribution in [1.82, 2.24) is 10.1 Å². The number of amides is 1. The standard InChI is InChI=1S/C19H20N4O2/c1-11-5-12(2)18(13(3)6-11)22-19(24)15-8-16(10-20-9-15)21-17-7-14(4)25-23-17/h5-10H,1-4H3,(H,21,23)(H,22,24). The van der Waals surface area contributed by atoms with E-state index in [1.807, 2.05) is 39.8 Å². The molecule has 6 heteroatoms. The summed E-state index contributed by atoms with van der Waals surface area (Å²) < 4.78 is 5.02. The van der Waals surface area contributed by atoms with E-state index in [1.54, 1.807) is 18.3 Å². The number of pyridine rings is 1. The van der Waals surface area contributed by atoms with E-state index in [0.717, 1.165) is 16.8 Å². The van der Waals surface area contributed by atoms with Gasteiger partial charge in [-0.2, -0.15) is 0 Å². The van der Waals surface area contributed by atoms with Gasteiger partial charge in [-0.3, -0.25) is 9.78 Å². The predicted octanol–water partition coefficient (Wildman–Crippen LogP) is 4.30. The summed E-state index contributed by atoms with van der Waals surface area (Å²) in [4.78, 5) is 16.7. The van der Waals surface area contributed by atoms with E-state index >= 15 is 0 Å². The maximum Gasteiger partial charge on any atom is 0.257 e. The van der Waals surface area contributed by atoms with Gasteiger partial charge in [0.1, 0.15) is 5.76 Å². The van der Waals surface area contributed by atoms with E-state index in [4.69, 9.17) is 4.52 Å². The van der Waals surface area contributed by atoms with Crippen LogP contribution >= 0.6 is 0 Å². The average Bonchev–Trinajstić information content (AvgIpc) is 2.96. The summed E-state index contributed by atoms with van der Waals surface area (Å²) in [6, 6.07) is 7.59. The molecule has 3 rings (SSSR count). The van der Waals surface area contributed by atoms with Gasteiger partial charge in [0.25, 0.3) is 5.91 Å². The molecule has 3 aromatic rings. The number of aromatic nitrogens is 2. The molecule has 0 radical (unpaired) electrons. The normalized spacial score (nSPS) is 10.6. The number of aryl methyl sites for hydroxylation is 4. The van der Waals surface area contributed by atoms with Crippen LogP contribution in [0.25, 0.3) is 0 Å². The maximum absolute atomic E-state index is 12.6. The fourth-order valence-corrected chi connectivity index (χ4v) is 2.77. The monoisotopic (exact) mass is 336 g/mol. The third kappa shape index (κ3) is 3.85. The third-order valence-corrected chi connectivity index (χ3v) is 3.82. The number of hydrogen-bond acceptors (Lipinski definition) is 5. The molecule has 0 unspecified atom stereocenters. The van der Waals surface area contributed by atoms with Gasteiger partial charge in [0.05, 0.1) is 17.4 Å². The van der Waals surface area contributed by atoms with Gasteiger partial charge < -0.3 is 15.2 Å². The molecule has 128 valence electrons. The Balaban J connectivity index is 1.80. The Morgan fingerprint density at radius 3 is 2.36 bits per heavy atom. The first-order valence-electron chi connectivity index (χ1n) is 7.97. The Bertz CT molecular complexity index is 908. The lowest BCUT2D eigenvalue weighted by Crippen LogP contribution is -2.14. The number of nitrogens with one attached hydrogen (secondary N) is 2. The first kappa shape index (κ1) is 16.7. The second-order valence-corrected chi connectivity index (χ2v) is 6.14. The number of nitrogens with zero attached hydrogens (tertiary/aromatic N) is 2. The van der Waals surface area contributed by atoms with Crippen LogP contribution in [-0.2, 0) is 0 Å². The summed E-state index contributed by atoms with van der Waals surface area (Å²) in [6.45, 7) is 7.82. The van der Waals surface area contributed by atoms with Crippen LogP contribution in [0.1, 0.15) is 32.8 Å². The van der Waals surface area contributed by atoms with Gasteiger partial charge in [0, 0.05) is 18.0 Å². The Hall–Kier alpha value is -3.15. The van der Waals surface area contributed by atoms with E-state index in [9.17, 15) is 4.79 Å². The molecule has 0 aliphatic rings. The largest absolute Gasteiger partial charge is 0.360 e. The van der Waals surface area contributed by atoms with Crippen molar-refractivity contribution in [3.05, 3.63) is 64.7 Å². The van der Waals surface area contributed by atoms with E-state index < -0.39 is 0 Å². The number of benzene rings is 1. The highest BCUT2D eigenvalue weighted by Gasteiger charge is 2.12. The van der Waals surface area contributed by atoms with Crippen molar-refractivity contribution in [1.29, 1.82) is 0 Å². The van der Waals surface area contributed by atoms with Gasteiger partial charge in [-0.1, -0.05) is 22.9 Å². The van der Waals surface area contributed by atoms with Crippen molar-refractivity contribution in [3.63, 3.8) is 0 Å². The molecule has 2 heterocycles. The molecular weight excluding hydrogens is 316 g/mol. The van der Waals surface area contributed by atoms with Crippen LogP contribution in [0.5, 0.6) is 0 Å². The minimum atomic E-state index is -0.206. The minimum Gasteiger partial charge on any atom is -0.360 e. The Labute approximate surface area is 146 Å². The summed E-state index contributed by atoms with van der Waals surface area (Å²) in [7, 11) is 0. The zero-order chi connectivity index (χ0) is 18.0. The number of hydrogen-bond donors (Lipinski definition) is 2. The van der Waals surface area contributed by atoms with E-state index in [2.05, 4.69) is 20.8 Å². The number of anilines is 3. The SMILES string of the molecule is Cc1cc(C)c(NC(=O)c2cncc(Nc3cc(C)on3)c2)c(C)c1. The second-order valence-electron chi connectivity index (χ2n) is 6.14. The van der Waals surface area contributed by atoms with Crippen LogP contribution < -0.4 is 10.6 Å². The van der Waals surface area contributed by atoms with Crippen molar-refractivity contribution in [3.8, 4) is 0 Å². The van der Waals surface area contributed by atoms with Gasteiger partial charge in [-0.25, -0.2) is 0 Å². The van der Waals surface area contributed by atoms with Crippen molar-refractivity contribution in [2.45, 2.75) is 27.7 Å². The maximum atomic E-state index is 12.6. The number of carbonyl (C=O) groups is 1. The molecule has 6 nitrogen and oxygen atoms in total. The van der Waals surface area contributed by atoms with Gasteiger partial charge >= 0.3 is 0 Å². The van der Waals surface area contributed by atoms with E-state index in [-0.39, 0.29) is 5.91 Å². The van der Waals surface area contributed by atoms with E-state index in [0.29, 0.717) is 22.8 Å². The van der Waals surface area contributed by atoms with Crippen molar-refractivity contribution in [2.75, 3.05) is 10.6 Å². The minimum absolute atomic E-state index is 0.206. The molecule has 0 saturated heterocycles. The molecule has 0 saturated carbocycles. The molecule has 0 aliphatic carbocycles. The predicted molar refractivity (Wildman–Crippen MR) is 97.4 cm³/mol. The molecule has 1 amide bonds. The summed E-state index contributed by atoms with van der Waals surface area (Å²) in [5.74, 6) is 1.07. The molecule has 0 atom stereocenters. The lowest BCUT2D eigenvalue weighted by Gasteiger charge is -2.13. The smallest absolute Gasteiger partial charge is 0.257 e. The highest BCUT2D eigenvalue weighted by atomic mass is 16.5. The third-order valence-electron chi connectivity index (χ3n) is 3.82. The Morgan fingerprint density at radius 2 is 1.72 bits per heavy atom. The molecule has 2 N–H and O–H groups in total. The average molecular weight is 336 g/mol. The molecule has 25 heavy (non-hydrogen) atoms. The summed E-state index contributed by atoms with van der Waals surface area (Å²) in [5.41, 5.74) is 5.20. The lowest BCUT2D eigenvalue weighted by molar-refractivity contribution is 0.102. The molecular formula is C19H20N4O2. The summed E-state index contributed by atoms with van der Waals surface area (Å²) in [6.07, 6.45) is 3.16. The van der Waals surface area contributed by atoms with Crippen molar-refractivity contribution in [2.24, 2.45) is 0 Å². The van der Waals surface area contributed by atoms with Crippen LogP contribution in [0.2, 0.25) is 0 Å². The molecule has 0 aliphatic heterocycles. The fourth-order valence-electron chi connectivity index (χ4n) is 2.77. The quantitative estimate of drug-likeness (QED) is 0.742. The summed E-state index contributed by atoms with van der Waals surface area (Å²) in [5, 5.41) is 9.91. The van der Waals surface area contributed by atoms with Gasteiger partial charge in [0.2, 0.25) is 0 Å². The second kappa shape index (κ2) is 6.76. The zero-order valence-corrected chi connectivity index (χ0v) is 14.7. The van der Waals surface area contributed by atoms with Gasteiger partial charge in [0.15, 0.2) is 5.82 Å². The van der Waals surface area contributed by atoms with Crippen LogP contribution in [0.3, 0.4) is 0 Å². The molecule has 2 aromatic heterocycles. The number of rotatable bonds is 4. The molecule has 1 aromatic carbocycles.